The van der Waals surface area contributed by atoms with Crippen molar-refractivity contribution in [3.8, 4) is 0 Å². The van der Waals surface area contributed by atoms with Crippen molar-refractivity contribution in [2.45, 2.75) is 83.6 Å². The second kappa shape index (κ2) is 8.92. The fourth-order valence-electron chi connectivity index (χ4n) is 2.99. The molecule has 1 saturated carbocycles. The van der Waals surface area contributed by atoms with Gasteiger partial charge < -0.3 is 10.6 Å². The van der Waals surface area contributed by atoms with Crippen molar-refractivity contribution in [1.29, 1.82) is 0 Å². The van der Waals surface area contributed by atoms with Gasteiger partial charge in [0.1, 0.15) is 0 Å². The molecular weight excluding hydrogens is 220 g/mol. The largest absolute Gasteiger partial charge is 0.325 e. The number of hydrogen-bond donors (Lipinski definition) is 1. The van der Waals surface area contributed by atoms with Crippen LogP contribution in [0.15, 0.2) is 0 Å². The monoisotopic (exact) mass is 254 g/mol. The minimum Gasteiger partial charge on any atom is -0.325 e. The molecule has 0 amide bonds. The molecule has 0 aromatic rings. The summed E-state index contributed by atoms with van der Waals surface area (Å²) in [6, 6.07) is 0. The Balaban J connectivity index is 2.29. The molecule has 108 valence electrons. The maximum absolute atomic E-state index is 6.54. The summed E-state index contributed by atoms with van der Waals surface area (Å²) in [6.07, 6.45) is 13.1. The first-order chi connectivity index (χ1) is 8.70. The van der Waals surface area contributed by atoms with Gasteiger partial charge in [0.2, 0.25) is 0 Å². The molecule has 0 radical (unpaired) electrons. The Labute approximate surface area is 114 Å². The average molecular weight is 254 g/mol. The van der Waals surface area contributed by atoms with E-state index in [0.29, 0.717) is 0 Å². The van der Waals surface area contributed by atoms with Gasteiger partial charge in [0.25, 0.3) is 0 Å². The first-order valence-corrected chi connectivity index (χ1v) is 8.21. The van der Waals surface area contributed by atoms with Crippen LogP contribution in [0.25, 0.3) is 0 Å². The Hall–Kier alpha value is -0.0800. The third-order valence-corrected chi connectivity index (χ3v) is 4.43. The summed E-state index contributed by atoms with van der Waals surface area (Å²) in [7, 11) is 0. The molecule has 0 heterocycles. The van der Waals surface area contributed by atoms with Crippen LogP contribution in [0.5, 0.6) is 0 Å². The van der Waals surface area contributed by atoms with E-state index in [0.717, 1.165) is 0 Å². The number of hydrogen-bond acceptors (Lipinski definition) is 2. The van der Waals surface area contributed by atoms with E-state index in [1.54, 1.807) is 0 Å². The molecule has 1 rings (SSSR count). The third-order valence-electron chi connectivity index (χ3n) is 4.43. The predicted octanol–water partition coefficient (Wildman–Crippen LogP) is 3.94. The maximum atomic E-state index is 6.54. The molecule has 0 atom stereocenters. The zero-order chi connectivity index (χ0) is 13.3. The Morgan fingerprint density at radius 2 is 1.44 bits per heavy atom. The fourth-order valence-corrected chi connectivity index (χ4v) is 2.99. The maximum Gasteiger partial charge on any atom is 0.0166 e. The molecule has 0 aromatic heterocycles. The summed E-state index contributed by atoms with van der Waals surface area (Å²) < 4.78 is 0. The number of nitrogens with two attached hydrogens (primary N) is 1. The van der Waals surface area contributed by atoms with Crippen molar-refractivity contribution >= 4 is 0 Å². The Bertz CT molecular complexity index is 189. The van der Waals surface area contributed by atoms with E-state index in [1.165, 1.54) is 83.8 Å². The molecule has 0 bridgehead atoms. The van der Waals surface area contributed by atoms with Crippen molar-refractivity contribution in [2.75, 3.05) is 19.6 Å². The van der Waals surface area contributed by atoms with Crippen molar-refractivity contribution in [1.82, 2.24) is 4.90 Å². The van der Waals surface area contributed by atoms with Crippen molar-refractivity contribution in [3.05, 3.63) is 0 Å². The van der Waals surface area contributed by atoms with Crippen LogP contribution in [0.1, 0.15) is 78.1 Å². The predicted molar refractivity (Wildman–Crippen MR) is 80.9 cm³/mol. The van der Waals surface area contributed by atoms with Gasteiger partial charge >= 0.3 is 0 Å². The molecular formula is C16H34N2. The zero-order valence-corrected chi connectivity index (χ0v) is 12.7. The summed E-state index contributed by atoms with van der Waals surface area (Å²) in [6.45, 7) is 8.32. The van der Waals surface area contributed by atoms with E-state index in [9.17, 15) is 0 Å². The molecule has 2 nitrogen and oxygen atoms in total. The van der Waals surface area contributed by atoms with E-state index in [2.05, 4.69) is 18.7 Å². The molecule has 2 N–H and O–H groups in total. The molecule has 18 heavy (non-hydrogen) atoms. The fraction of sp³-hybridized carbons (Fsp3) is 1.00. The van der Waals surface area contributed by atoms with Crippen LogP contribution in [0.2, 0.25) is 0 Å². The number of unbranched alkanes of at least 4 members (excludes halogenated alkanes) is 2. The lowest BCUT2D eigenvalue weighted by molar-refractivity contribution is 0.204. The van der Waals surface area contributed by atoms with Crippen LogP contribution in [-0.4, -0.2) is 30.1 Å². The van der Waals surface area contributed by atoms with Gasteiger partial charge in [-0.3, -0.25) is 0 Å². The summed E-state index contributed by atoms with van der Waals surface area (Å²) in [4.78, 5) is 2.65. The molecule has 2 heteroatoms. The first kappa shape index (κ1) is 16.0. The minimum atomic E-state index is 0.162. The van der Waals surface area contributed by atoms with Gasteiger partial charge in [-0.15, -0.1) is 0 Å². The lowest BCUT2D eigenvalue weighted by Crippen LogP contribution is -2.44. The van der Waals surface area contributed by atoms with E-state index in [-0.39, 0.29) is 5.54 Å². The van der Waals surface area contributed by atoms with Gasteiger partial charge in [-0.1, -0.05) is 46.0 Å². The van der Waals surface area contributed by atoms with E-state index in [1.807, 2.05) is 0 Å². The summed E-state index contributed by atoms with van der Waals surface area (Å²) >= 11 is 0. The molecule has 0 aliphatic heterocycles. The van der Waals surface area contributed by atoms with E-state index in [4.69, 9.17) is 5.73 Å². The highest BCUT2D eigenvalue weighted by molar-refractivity contribution is 4.88. The number of rotatable bonds is 9. The third kappa shape index (κ3) is 6.19. The van der Waals surface area contributed by atoms with Gasteiger partial charge in [-0.2, -0.15) is 0 Å². The zero-order valence-electron chi connectivity index (χ0n) is 12.7. The van der Waals surface area contributed by atoms with E-state index < -0.39 is 0 Å². The van der Waals surface area contributed by atoms with Crippen molar-refractivity contribution < 1.29 is 0 Å². The summed E-state index contributed by atoms with van der Waals surface area (Å²) in [5, 5.41) is 0. The van der Waals surface area contributed by atoms with Crippen LogP contribution in [0.3, 0.4) is 0 Å². The molecule has 1 aliphatic rings. The van der Waals surface area contributed by atoms with Gasteiger partial charge in [-0.25, -0.2) is 0 Å². The molecule has 0 saturated heterocycles. The Morgan fingerprint density at radius 1 is 0.889 bits per heavy atom. The molecule has 0 spiro atoms. The second-order valence-electron chi connectivity index (χ2n) is 6.22. The molecule has 1 aliphatic carbocycles. The van der Waals surface area contributed by atoms with Crippen LogP contribution in [-0.2, 0) is 0 Å². The first-order valence-electron chi connectivity index (χ1n) is 8.21. The minimum absolute atomic E-state index is 0.162. The Kier molecular flexibility index (Phi) is 7.92. The Morgan fingerprint density at radius 3 is 1.94 bits per heavy atom. The van der Waals surface area contributed by atoms with Crippen molar-refractivity contribution in [3.63, 3.8) is 0 Å². The van der Waals surface area contributed by atoms with Gasteiger partial charge in [0.05, 0.1) is 0 Å². The van der Waals surface area contributed by atoms with Crippen LogP contribution in [0, 0.1) is 0 Å². The van der Waals surface area contributed by atoms with Gasteiger partial charge in [0.15, 0.2) is 0 Å². The topological polar surface area (TPSA) is 29.3 Å². The molecule has 0 unspecified atom stereocenters. The van der Waals surface area contributed by atoms with Crippen molar-refractivity contribution in [2.24, 2.45) is 5.73 Å². The standard InChI is InChI=1S/C16H34N2/c1-3-5-13-18(14-6-4-2)15-12-16(17)10-8-7-9-11-16/h3-15,17H2,1-2H3. The highest BCUT2D eigenvalue weighted by Gasteiger charge is 2.27. The van der Waals surface area contributed by atoms with Gasteiger partial charge in [-0.05, 0) is 51.7 Å². The van der Waals surface area contributed by atoms with Crippen LogP contribution < -0.4 is 5.73 Å². The van der Waals surface area contributed by atoms with E-state index >= 15 is 0 Å². The number of nitrogens with zero attached hydrogens (tertiary/aromatic N) is 1. The smallest absolute Gasteiger partial charge is 0.0166 e. The van der Waals surface area contributed by atoms with Crippen LogP contribution in [0.4, 0.5) is 0 Å². The molecule has 1 fully saturated rings. The lowest BCUT2D eigenvalue weighted by Gasteiger charge is -2.35. The SMILES string of the molecule is CCCCN(CCCC)CCC1(N)CCCCC1. The normalized spacial score (nSPS) is 19.3. The van der Waals surface area contributed by atoms with Gasteiger partial charge in [0, 0.05) is 5.54 Å². The molecule has 0 aromatic carbocycles. The highest BCUT2D eigenvalue weighted by Crippen LogP contribution is 2.28. The highest BCUT2D eigenvalue weighted by atomic mass is 15.1. The summed E-state index contributed by atoms with van der Waals surface area (Å²) in [5.41, 5.74) is 6.70. The summed E-state index contributed by atoms with van der Waals surface area (Å²) in [5.74, 6) is 0. The average Bonchev–Trinajstić information content (AvgIpc) is 2.39. The second-order valence-corrected chi connectivity index (χ2v) is 6.22. The lowest BCUT2D eigenvalue weighted by atomic mass is 9.80. The quantitative estimate of drug-likeness (QED) is 0.675. The van der Waals surface area contributed by atoms with Crippen LogP contribution >= 0.6 is 0 Å².